The number of nitrogens with zero attached hydrogens (tertiary/aromatic N) is 1. The Balaban J connectivity index is 4.02. The van der Waals surface area contributed by atoms with Crippen LogP contribution in [0.15, 0.2) is 12.2 Å². The van der Waals surface area contributed by atoms with Crippen molar-refractivity contribution in [2.24, 2.45) is 0 Å². The van der Waals surface area contributed by atoms with Crippen LogP contribution in [0.2, 0.25) is 0 Å². The molecule has 4 nitrogen and oxygen atoms in total. The van der Waals surface area contributed by atoms with Crippen LogP contribution in [0.25, 0.3) is 0 Å². The van der Waals surface area contributed by atoms with Gasteiger partial charge in [-0.3, -0.25) is 4.79 Å². The number of hydrogen-bond acceptors (Lipinski definition) is 3. The zero-order valence-electron chi connectivity index (χ0n) is 23.1. The topological polar surface area (TPSA) is 60.8 Å². The second-order valence-corrected chi connectivity index (χ2v) is 10.3. The summed E-state index contributed by atoms with van der Waals surface area (Å²) in [7, 11) is 0. The minimum atomic E-state index is -0.859. The summed E-state index contributed by atoms with van der Waals surface area (Å²) >= 11 is 0. The molecule has 34 heavy (non-hydrogen) atoms. The molecule has 0 aromatic rings. The number of hydrogen-bond donors (Lipinski definition) is 2. The van der Waals surface area contributed by atoms with Crippen LogP contribution in [0.4, 0.5) is 0 Å². The number of rotatable bonds is 25. The quantitative estimate of drug-likeness (QED) is 0.103. The average molecular weight is 482 g/mol. The molecule has 0 saturated carbocycles. The van der Waals surface area contributed by atoms with Gasteiger partial charge in [0.1, 0.15) is 0 Å². The molecule has 2 unspecified atom stereocenters. The molecule has 0 aliphatic carbocycles. The Morgan fingerprint density at radius 1 is 0.735 bits per heavy atom. The van der Waals surface area contributed by atoms with Gasteiger partial charge in [0.15, 0.2) is 0 Å². The van der Waals surface area contributed by atoms with E-state index in [1.165, 1.54) is 96.3 Å². The summed E-state index contributed by atoms with van der Waals surface area (Å²) in [5.74, 6) is 0.0907. The van der Waals surface area contributed by atoms with E-state index in [2.05, 4.69) is 32.9 Å². The SMILES string of the molecule is CCCCCC=CCCC(=O)N(CC(O)CO)C(C)CCCCCCCCCCCCCCC. The third kappa shape index (κ3) is 20.5. The van der Waals surface area contributed by atoms with Crippen LogP contribution >= 0.6 is 0 Å². The van der Waals surface area contributed by atoms with Crippen LogP contribution in [0.3, 0.4) is 0 Å². The van der Waals surface area contributed by atoms with Crippen molar-refractivity contribution in [2.45, 2.75) is 161 Å². The normalized spacial score (nSPS) is 13.4. The second-order valence-electron chi connectivity index (χ2n) is 10.3. The van der Waals surface area contributed by atoms with Crippen molar-refractivity contribution in [1.82, 2.24) is 4.90 Å². The van der Waals surface area contributed by atoms with Gasteiger partial charge in [-0.15, -0.1) is 0 Å². The molecule has 4 heteroatoms. The standard InChI is InChI=1S/C30H59NO3/c1-4-6-8-10-12-13-14-15-16-17-19-20-22-24-28(3)31(26-29(33)27-32)30(34)25-23-21-18-11-9-7-5-2/h18,21,28-29,32-33H,4-17,19-20,22-27H2,1-3H3. The molecule has 0 aliphatic heterocycles. The number of aliphatic hydroxyl groups is 2. The zero-order chi connectivity index (χ0) is 25.3. The van der Waals surface area contributed by atoms with Crippen LogP contribution in [0, 0.1) is 0 Å². The van der Waals surface area contributed by atoms with Crippen LogP contribution < -0.4 is 0 Å². The van der Waals surface area contributed by atoms with Gasteiger partial charge in [-0.05, 0) is 32.6 Å². The van der Waals surface area contributed by atoms with Gasteiger partial charge in [0, 0.05) is 19.0 Å². The van der Waals surface area contributed by atoms with Crippen LogP contribution in [0.1, 0.15) is 149 Å². The van der Waals surface area contributed by atoms with E-state index in [4.69, 9.17) is 0 Å². The molecule has 202 valence electrons. The summed E-state index contributed by atoms with van der Waals surface area (Å²) in [5, 5.41) is 19.2. The maximum Gasteiger partial charge on any atom is 0.223 e. The van der Waals surface area contributed by atoms with Crippen molar-refractivity contribution >= 4 is 5.91 Å². The van der Waals surface area contributed by atoms with Gasteiger partial charge >= 0.3 is 0 Å². The molecular weight excluding hydrogens is 422 g/mol. The molecular formula is C30H59NO3. The molecule has 2 N–H and O–H groups in total. The maximum absolute atomic E-state index is 12.8. The summed E-state index contributed by atoms with van der Waals surface area (Å²) in [6.07, 6.45) is 27.8. The Bertz CT molecular complexity index is 466. The third-order valence-electron chi connectivity index (χ3n) is 6.86. The fourth-order valence-corrected chi connectivity index (χ4v) is 4.52. The van der Waals surface area contributed by atoms with Crippen molar-refractivity contribution < 1.29 is 15.0 Å². The smallest absolute Gasteiger partial charge is 0.223 e. The second kappa shape index (κ2) is 25.2. The Labute approximate surface area is 212 Å². The lowest BCUT2D eigenvalue weighted by Crippen LogP contribution is -2.44. The molecule has 0 saturated heterocycles. The molecule has 0 fully saturated rings. The van der Waals surface area contributed by atoms with Gasteiger partial charge in [-0.2, -0.15) is 0 Å². The predicted octanol–water partition coefficient (Wildman–Crippen LogP) is 7.95. The Morgan fingerprint density at radius 3 is 1.74 bits per heavy atom. The van der Waals surface area contributed by atoms with E-state index in [1.54, 1.807) is 4.90 Å². The molecule has 0 bridgehead atoms. The summed E-state index contributed by atoms with van der Waals surface area (Å²) < 4.78 is 0. The van der Waals surface area contributed by atoms with E-state index >= 15 is 0 Å². The number of amides is 1. The third-order valence-corrected chi connectivity index (χ3v) is 6.86. The Kier molecular flexibility index (Phi) is 24.6. The minimum absolute atomic E-state index is 0.0907. The molecule has 0 rings (SSSR count). The van der Waals surface area contributed by atoms with Gasteiger partial charge < -0.3 is 15.1 Å². The van der Waals surface area contributed by atoms with E-state index in [9.17, 15) is 15.0 Å². The molecule has 0 aromatic carbocycles. The largest absolute Gasteiger partial charge is 0.394 e. The Hall–Kier alpha value is -0.870. The van der Waals surface area contributed by atoms with Crippen molar-refractivity contribution in [3.05, 3.63) is 12.2 Å². The zero-order valence-corrected chi connectivity index (χ0v) is 23.1. The summed E-state index contributed by atoms with van der Waals surface area (Å²) in [6, 6.07) is 0.106. The van der Waals surface area contributed by atoms with Crippen LogP contribution in [0.5, 0.6) is 0 Å². The van der Waals surface area contributed by atoms with E-state index in [1.807, 2.05) is 0 Å². The first kappa shape index (κ1) is 33.1. The minimum Gasteiger partial charge on any atom is -0.394 e. The van der Waals surface area contributed by atoms with Crippen molar-refractivity contribution in [3.8, 4) is 0 Å². The fraction of sp³-hybridized carbons (Fsp3) is 0.900. The number of carbonyl (C=O) groups excluding carboxylic acids is 1. The molecule has 0 spiro atoms. The van der Waals surface area contributed by atoms with E-state index in [0.717, 1.165) is 25.7 Å². The van der Waals surface area contributed by atoms with Crippen molar-refractivity contribution in [1.29, 1.82) is 0 Å². The Morgan fingerprint density at radius 2 is 1.21 bits per heavy atom. The van der Waals surface area contributed by atoms with Crippen molar-refractivity contribution in [2.75, 3.05) is 13.2 Å². The maximum atomic E-state index is 12.8. The number of unbranched alkanes of at least 4 members (excludes halogenated alkanes) is 15. The predicted molar refractivity (Wildman–Crippen MR) is 147 cm³/mol. The molecule has 1 amide bonds. The first-order chi connectivity index (χ1) is 16.6. The highest BCUT2D eigenvalue weighted by Gasteiger charge is 2.21. The lowest BCUT2D eigenvalue weighted by Gasteiger charge is -2.31. The first-order valence-electron chi connectivity index (χ1n) is 14.8. The first-order valence-corrected chi connectivity index (χ1v) is 14.8. The molecule has 0 aliphatic rings. The van der Waals surface area contributed by atoms with Gasteiger partial charge in [-0.1, -0.05) is 122 Å². The molecule has 0 heterocycles. The fourth-order valence-electron chi connectivity index (χ4n) is 4.52. The molecule has 0 aromatic heterocycles. The highest BCUT2D eigenvalue weighted by Crippen LogP contribution is 2.16. The highest BCUT2D eigenvalue weighted by molar-refractivity contribution is 5.76. The van der Waals surface area contributed by atoms with E-state index in [-0.39, 0.29) is 25.1 Å². The van der Waals surface area contributed by atoms with Crippen LogP contribution in [-0.2, 0) is 4.79 Å². The van der Waals surface area contributed by atoms with Gasteiger partial charge in [0.25, 0.3) is 0 Å². The van der Waals surface area contributed by atoms with Gasteiger partial charge in [0.2, 0.25) is 5.91 Å². The molecule has 2 atom stereocenters. The summed E-state index contributed by atoms with van der Waals surface area (Å²) in [5.41, 5.74) is 0. The highest BCUT2D eigenvalue weighted by atomic mass is 16.3. The van der Waals surface area contributed by atoms with Gasteiger partial charge in [-0.25, -0.2) is 0 Å². The summed E-state index contributed by atoms with van der Waals surface area (Å²) in [4.78, 5) is 14.6. The number of aliphatic hydroxyl groups excluding tert-OH is 2. The lowest BCUT2D eigenvalue weighted by molar-refractivity contribution is -0.135. The lowest BCUT2D eigenvalue weighted by atomic mass is 10.0. The van der Waals surface area contributed by atoms with Crippen LogP contribution in [-0.4, -0.2) is 46.3 Å². The van der Waals surface area contributed by atoms with Gasteiger partial charge in [0.05, 0.1) is 12.7 Å². The average Bonchev–Trinajstić information content (AvgIpc) is 2.84. The molecule has 0 radical (unpaired) electrons. The summed E-state index contributed by atoms with van der Waals surface area (Å²) in [6.45, 7) is 6.50. The van der Waals surface area contributed by atoms with E-state index in [0.29, 0.717) is 6.42 Å². The number of allylic oxidation sites excluding steroid dienone is 2. The monoisotopic (exact) mass is 481 g/mol. The van der Waals surface area contributed by atoms with E-state index < -0.39 is 6.10 Å². The van der Waals surface area contributed by atoms with Crippen molar-refractivity contribution in [3.63, 3.8) is 0 Å². The number of carbonyl (C=O) groups is 1.